The number of aromatic nitrogens is 3. The largest absolute Gasteiger partial charge is 0.321 e. The molecule has 0 bridgehead atoms. The second-order valence-electron chi connectivity index (χ2n) is 4.48. The summed E-state index contributed by atoms with van der Waals surface area (Å²) < 4.78 is 1.84. The number of nitrogens with two attached hydrogens (primary N) is 1. The second kappa shape index (κ2) is 4.06. The Hall–Kier alpha value is -1.68. The van der Waals surface area contributed by atoms with E-state index in [1.807, 2.05) is 36.7 Å². The average Bonchev–Trinajstić information content (AvgIpc) is 2.67. The van der Waals surface area contributed by atoms with Crippen molar-refractivity contribution >= 4 is 0 Å². The summed E-state index contributed by atoms with van der Waals surface area (Å²) >= 11 is 0. The molecular weight excluding hydrogens is 200 g/mol. The van der Waals surface area contributed by atoms with Gasteiger partial charge in [-0.15, -0.1) is 5.10 Å². The first-order valence-electron chi connectivity index (χ1n) is 5.29. The van der Waals surface area contributed by atoms with Gasteiger partial charge in [-0.05, 0) is 19.4 Å². The highest BCUT2D eigenvalue weighted by atomic mass is 15.4. The van der Waals surface area contributed by atoms with Gasteiger partial charge in [0.05, 0.1) is 24.0 Å². The molecule has 4 heteroatoms. The lowest BCUT2D eigenvalue weighted by Gasteiger charge is -2.19. The summed E-state index contributed by atoms with van der Waals surface area (Å²) in [4.78, 5) is 0. The Labute approximate surface area is 95.1 Å². The van der Waals surface area contributed by atoms with E-state index in [1.165, 1.54) is 5.56 Å². The average molecular weight is 216 g/mol. The molecular formula is C12H16N4. The molecule has 4 nitrogen and oxygen atoms in total. The lowest BCUT2D eigenvalue weighted by molar-refractivity contribution is 0.480. The minimum Gasteiger partial charge on any atom is -0.321 e. The van der Waals surface area contributed by atoms with Crippen LogP contribution in [0.15, 0.2) is 36.5 Å². The zero-order valence-electron chi connectivity index (χ0n) is 9.59. The van der Waals surface area contributed by atoms with Crippen molar-refractivity contribution in [1.29, 1.82) is 0 Å². The van der Waals surface area contributed by atoms with Gasteiger partial charge in [0, 0.05) is 0 Å². The highest BCUT2D eigenvalue weighted by Crippen LogP contribution is 2.15. The Balaban J connectivity index is 2.26. The highest BCUT2D eigenvalue weighted by Gasteiger charge is 2.19. The molecule has 2 aromatic rings. The summed E-state index contributed by atoms with van der Waals surface area (Å²) in [7, 11) is 0. The van der Waals surface area contributed by atoms with E-state index in [-0.39, 0.29) is 0 Å². The minimum atomic E-state index is -0.418. The molecule has 1 aromatic heterocycles. The minimum absolute atomic E-state index is 0.418. The third-order valence-electron chi connectivity index (χ3n) is 2.45. The maximum Gasteiger partial charge on any atom is 0.0784 e. The van der Waals surface area contributed by atoms with E-state index in [4.69, 9.17) is 5.73 Å². The van der Waals surface area contributed by atoms with E-state index in [9.17, 15) is 0 Å². The van der Waals surface area contributed by atoms with Gasteiger partial charge >= 0.3 is 0 Å². The van der Waals surface area contributed by atoms with E-state index >= 15 is 0 Å². The fourth-order valence-electron chi connectivity index (χ4n) is 1.63. The summed E-state index contributed by atoms with van der Waals surface area (Å²) in [6.07, 6.45) is 1.73. The molecule has 0 atom stereocenters. The van der Waals surface area contributed by atoms with Crippen molar-refractivity contribution in [3.8, 4) is 0 Å². The molecule has 16 heavy (non-hydrogen) atoms. The van der Waals surface area contributed by atoms with Crippen molar-refractivity contribution in [2.45, 2.75) is 25.9 Å². The van der Waals surface area contributed by atoms with Crippen molar-refractivity contribution in [2.75, 3.05) is 0 Å². The van der Waals surface area contributed by atoms with Gasteiger partial charge < -0.3 is 5.73 Å². The zero-order valence-corrected chi connectivity index (χ0v) is 9.59. The van der Waals surface area contributed by atoms with E-state index in [2.05, 4.69) is 22.4 Å². The number of hydrogen-bond donors (Lipinski definition) is 1. The molecule has 1 aromatic carbocycles. The third-order valence-corrected chi connectivity index (χ3v) is 2.45. The molecule has 0 amide bonds. The maximum atomic E-state index is 6.05. The van der Waals surface area contributed by atoms with E-state index in [0.717, 1.165) is 5.69 Å². The summed E-state index contributed by atoms with van der Waals surface area (Å²) in [5.74, 6) is 0. The smallest absolute Gasteiger partial charge is 0.0784 e. The Morgan fingerprint density at radius 3 is 2.56 bits per heavy atom. The molecule has 1 heterocycles. The molecule has 0 saturated carbocycles. The van der Waals surface area contributed by atoms with Crippen LogP contribution in [0.2, 0.25) is 0 Å². The number of rotatable bonds is 3. The molecule has 0 unspecified atom stereocenters. The monoisotopic (exact) mass is 216 g/mol. The van der Waals surface area contributed by atoms with Gasteiger partial charge in [0.1, 0.15) is 0 Å². The number of nitrogens with zero attached hydrogens (tertiary/aromatic N) is 3. The van der Waals surface area contributed by atoms with Crippen LogP contribution in [0, 0.1) is 0 Å². The summed E-state index contributed by atoms with van der Waals surface area (Å²) in [6.45, 7) is 4.61. The summed E-state index contributed by atoms with van der Waals surface area (Å²) in [5.41, 5.74) is 7.77. The molecule has 84 valence electrons. The first kappa shape index (κ1) is 10.8. The first-order valence-corrected chi connectivity index (χ1v) is 5.29. The Morgan fingerprint density at radius 1 is 1.25 bits per heavy atom. The predicted octanol–water partition coefficient (Wildman–Crippen LogP) is 1.52. The number of benzene rings is 1. The molecule has 0 radical (unpaired) electrons. The van der Waals surface area contributed by atoms with Crippen LogP contribution in [0.3, 0.4) is 0 Å². The molecule has 0 aliphatic carbocycles. The summed E-state index contributed by atoms with van der Waals surface area (Å²) in [6, 6.07) is 10.2. The quantitative estimate of drug-likeness (QED) is 0.846. The van der Waals surface area contributed by atoms with Crippen LogP contribution in [0.5, 0.6) is 0 Å². The van der Waals surface area contributed by atoms with Gasteiger partial charge in [-0.2, -0.15) is 0 Å². The van der Waals surface area contributed by atoms with E-state index < -0.39 is 5.54 Å². The van der Waals surface area contributed by atoms with Crippen LogP contribution in [0.25, 0.3) is 0 Å². The Morgan fingerprint density at radius 2 is 1.94 bits per heavy atom. The van der Waals surface area contributed by atoms with Gasteiger partial charge in [-0.1, -0.05) is 35.5 Å². The van der Waals surface area contributed by atoms with Crippen LogP contribution >= 0.6 is 0 Å². The van der Waals surface area contributed by atoms with Gasteiger partial charge in [-0.25, -0.2) is 4.68 Å². The van der Waals surface area contributed by atoms with Gasteiger partial charge in [-0.3, -0.25) is 0 Å². The molecule has 0 aliphatic heterocycles. The van der Waals surface area contributed by atoms with Crippen LogP contribution in [0.1, 0.15) is 25.1 Å². The molecule has 0 fully saturated rings. The van der Waals surface area contributed by atoms with Crippen LogP contribution < -0.4 is 5.73 Å². The fourth-order valence-corrected chi connectivity index (χ4v) is 1.63. The van der Waals surface area contributed by atoms with Crippen LogP contribution in [0.4, 0.5) is 0 Å². The van der Waals surface area contributed by atoms with Crippen molar-refractivity contribution in [3.05, 3.63) is 47.8 Å². The summed E-state index contributed by atoms with van der Waals surface area (Å²) in [5, 5.41) is 7.98. The normalized spacial score (nSPS) is 11.7. The predicted molar refractivity (Wildman–Crippen MR) is 62.8 cm³/mol. The Kier molecular flexibility index (Phi) is 2.75. The lowest BCUT2D eigenvalue weighted by Crippen LogP contribution is -2.32. The highest BCUT2D eigenvalue weighted by molar-refractivity contribution is 5.16. The Bertz CT molecular complexity index is 453. The van der Waals surface area contributed by atoms with Crippen LogP contribution in [-0.2, 0) is 12.1 Å². The van der Waals surface area contributed by atoms with Crippen molar-refractivity contribution in [3.63, 3.8) is 0 Å². The second-order valence-corrected chi connectivity index (χ2v) is 4.48. The standard InChI is InChI=1S/C12H16N4/c1-12(2,13)11-8-14-15-16(11)9-10-6-4-3-5-7-10/h3-8H,9,13H2,1-2H3. The number of hydrogen-bond acceptors (Lipinski definition) is 3. The van der Waals surface area contributed by atoms with Gasteiger partial charge in [0.2, 0.25) is 0 Å². The third kappa shape index (κ3) is 2.28. The van der Waals surface area contributed by atoms with Crippen LogP contribution in [-0.4, -0.2) is 15.0 Å². The molecule has 0 saturated heterocycles. The molecule has 2 rings (SSSR count). The first-order chi connectivity index (χ1) is 7.57. The van der Waals surface area contributed by atoms with E-state index in [1.54, 1.807) is 6.20 Å². The van der Waals surface area contributed by atoms with Crippen molar-refractivity contribution in [2.24, 2.45) is 5.73 Å². The molecule has 0 aliphatic rings. The van der Waals surface area contributed by atoms with Crippen molar-refractivity contribution in [1.82, 2.24) is 15.0 Å². The molecule has 2 N–H and O–H groups in total. The maximum absolute atomic E-state index is 6.05. The SMILES string of the molecule is CC(C)(N)c1cnnn1Cc1ccccc1. The van der Waals surface area contributed by atoms with Gasteiger partial charge in [0.15, 0.2) is 0 Å². The zero-order chi connectivity index (χ0) is 11.6. The topological polar surface area (TPSA) is 56.7 Å². The van der Waals surface area contributed by atoms with E-state index in [0.29, 0.717) is 6.54 Å². The lowest BCUT2D eigenvalue weighted by atomic mass is 10.0. The molecule has 0 spiro atoms. The van der Waals surface area contributed by atoms with Gasteiger partial charge in [0.25, 0.3) is 0 Å². The fraction of sp³-hybridized carbons (Fsp3) is 0.333. The van der Waals surface area contributed by atoms with Crippen molar-refractivity contribution < 1.29 is 0 Å².